The minimum absolute atomic E-state index is 0.146. The van der Waals surface area contributed by atoms with Crippen LogP contribution in [0.25, 0.3) is 0 Å². The summed E-state index contributed by atoms with van der Waals surface area (Å²) in [6.07, 6.45) is 1.16. The molecule has 1 saturated heterocycles. The minimum Gasteiger partial charge on any atom is -0.324 e. The SMILES string of the molecule is Cc1ccccc1NC(=O)[C@H]1CCCN1S(=O)(=O)c1ccc(Cl)cc1. The van der Waals surface area contributed by atoms with Crippen LogP contribution in [0.3, 0.4) is 0 Å². The van der Waals surface area contributed by atoms with Crippen LogP contribution in [0.2, 0.25) is 5.02 Å². The zero-order chi connectivity index (χ0) is 18.0. The zero-order valence-electron chi connectivity index (χ0n) is 13.8. The number of carbonyl (C=O) groups is 1. The molecule has 132 valence electrons. The van der Waals surface area contributed by atoms with Crippen LogP contribution in [-0.2, 0) is 14.8 Å². The lowest BCUT2D eigenvalue weighted by molar-refractivity contribution is -0.119. The molecule has 2 aromatic rings. The molecular formula is C18H19ClN2O3S. The first kappa shape index (κ1) is 17.9. The number of aryl methyl sites for hydroxylation is 1. The average molecular weight is 379 g/mol. The fraction of sp³-hybridized carbons (Fsp3) is 0.278. The Morgan fingerprint density at radius 1 is 1.16 bits per heavy atom. The van der Waals surface area contributed by atoms with Crippen molar-refractivity contribution >= 4 is 33.2 Å². The van der Waals surface area contributed by atoms with Crippen molar-refractivity contribution in [2.75, 3.05) is 11.9 Å². The Hall–Kier alpha value is -1.89. The second-order valence-corrected chi connectivity index (χ2v) is 8.36. The standard InChI is InChI=1S/C18H19ClN2O3S/c1-13-5-2-3-6-16(13)20-18(22)17-7-4-12-21(17)25(23,24)15-10-8-14(19)9-11-15/h2-3,5-6,8-11,17H,4,7,12H2,1H3,(H,20,22)/t17-/m1/s1. The van der Waals surface area contributed by atoms with Crippen LogP contribution in [0.1, 0.15) is 18.4 Å². The van der Waals surface area contributed by atoms with E-state index in [0.717, 1.165) is 5.56 Å². The van der Waals surface area contributed by atoms with Crippen LogP contribution in [0.15, 0.2) is 53.4 Å². The first-order valence-corrected chi connectivity index (χ1v) is 9.85. The zero-order valence-corrected chi connectivity index (χ0v) is 15.3. The number of hydrogen-bond donors (Lipinski definition) is 1. The number of rotatable bonds is 4. The first-order valence-electron chi connectivity index (χ1n) is 8.03. The Bertz CT molecular complexity index is 881. The first-order chi connectivity index (χ1) is 11.9. The van der Waals surface area contributed by atoms with Gasteiger partial charge in [0, 0.05) is 17.3 Å². The molecule has 1 amide bonds. The summed E-state index contributed by atoms with van der Waals surface area (Å²) in [6, 6.07) is 12.7. The Balaban J connectivity index is 1.83. The molecule has 0 bridgehead atoms. The van der Waals surface area contributed by atoms with Crippen molar-refractivity contribution in [2.45, 2.75) is 30.7 Å². The van der Waals surface area contributed by atoms with Crippen LogP contribution in [0, 0.1) is 6.92 Å². The summed E-state index contributed by atoms with van der Waals surface area (Å²) in [5, 5.41) is 3.32. The lowest BCUT2D eigenvalue weighted by Gasteiger charge is -2.23. The number of carbonyl (C=O) groups excluding carboxylic acids is 1. The van der Waals surface area contributed by atoms with Gasteiger partial charge in [-0.3, -0.25) is 4.79 Å². The van der Waals surface area contributed by atoms with Gasteiger partial charge in [-0.05, 0) is 55.7 Å². The van der Waals surface area contributed by atoms with Crippen molar-refractivity contribution in [2.24, 2.45) is 0 Å². The second kappa shape index (κ2) is 7.15. The maximum Gasteiger partial charge on any atom is 0.243 e. The minimum atomic E-state index is -3.74. The molecule has 25 heavy (non-hydrogen) atoms. The van der Waals surface area contributed by atoms with E-state index in [1.165, 1.54) is 28.6 Å². The molecule has 5 nitrogen and oxygen atoms in total. The molecule has 3 rings (SSSR count). The van der Waals surface area contributed by atoms with Gasteiger partial charge in [0.05, 0.1) is 4.90 Å². The summed E-state index contributed by atoms with van der Waals surface area (Å²) >= 11 is 5.83. The molecule has 1 heterocycles. The largest absolute Gasteiger partial charge is 0.324 e. The van der Waals surface area contributed by atoms with Crippen molar-refractivity contribution < 1.29 is 13.2 Å². The van der Waals surface area contributed by atoms with E-state index in [0.29, 0.717) is 30.1 Å². The Morgan fingerprint density at radius 2 is 1.84 bits per heavy atom. The molecule has 2 aromatic carbocycles. The fourth-order valence-electron chi connectivity index (χ4n) is 2.96. The van der Waals surface area contributed by atoms with E-state index in [9.17, 15) is 13.2 Å². The Kier molecular flexibility index (Phi) is 5.13. The third-order valence-corrected chi connectivity index (χ3v) is 6.50. The predicted octanol–water partition coefficient (Wildman–Crippen LogP) is 3.44. The molecule has 0 saturated carbocycles. The van der Waals surface area contributed by atoms with E-state index in [4.69, 9.17) is 11.6 Å². The summed E-state index contributed by atoms with van der Waals surface area (Å²) in [5.74, 6) is -0.302. The smallest absolute Gasteiger partial charge is 0.243 e. The molecule has 0 aliphatic carbocycles. The van der Waals surface area contributed by atoms with Crippen molar-refractivity contribution in [1.29, 1.82) is 0 Å². The van der Waals surface area contributed by atoms with Gasteiger partial charge < -0.3 is 5.32 Å². The van der Waals surface area contributed by atoms with E-state index < -0.39 is 16.1 Å². The number of amides is 1. The second-order valence-electron chi connectivity index (χ2n) is 6.03. The van der Waals surface area contributed by atoms with E-state index >= 15 is 0 Å². The van der Waals surface area contributed by atoms with Gasteiger partial charge in [-0.1, -0.05) is 29.8 Å². The molecule has 7 heteroatoms. The molecule has 0 aromatic heterocycles. The topological polar surface area (TPSA) is 66.5 Å². The van der Waals surface area contributed by atoms with E-state index in [1.807, 2.05) is 25.1 Å². The quantitative estimate of drug-likeness (QED) is 0.886. The molecule has 0 radical (unpaired) electrons. The van der Waals surface area contributed by atoms with Crippen LogP contribution in [0.5, 0.6) is 0 Å². The highest BCUT2D eigenvalue weighted by molar-refractivity contribution is 7.89. The lowest BCUT2D eigenvalue weighted by atomic mass is 10.1. The van der Waals surface area contributed by atoms with Gasteiger partial charge in [-0.2, -0.15) is 4.31 Å². The fourth-order valence-corrected chi connectivity index (χ4v) is 4.74. The van der Waals surface area contributed by atoms with Gasteiger partial charge in [0.25, 0.3) is 0 Å². The average Bonchev–Trinajstić information content (AvgIpc) is 3.08. The molecule has 0 spiro atoms. The van der Waals surface area contributed by atoms with E-state index in [2.05, 4.69) is 5.32 Å². The van der Waals surface area contributed by atoms with Crippen molar-refractivity contribution in [1.82, 2.24) is 4.31 Å². The summed E-state index contributed by atoms with van der Waals surface area (Å²) in [7, 11) is -3.74. The van der Waals surface area contributed by atoms with Crippen molar-refractivity contribution in [3.8, 4) is 0 Å². The number of benzene rings is 2. The van der Waals surface area contributed by atoms with Gasteiger partial charge in [-0.15, -0.1) is 0 Å². The monoisotopic (exact) mass is 378 g/mol. The Morgan fingerprint density at radius 3 is 2.52 bits per heavy atom. The molecule has 1 aliphatic rings. The number of para-hydroxylation sites is 1. The number of nitrogens with zero attached hydrogens (tertiary/aromatic N) is 1. The van der Waals surface area contributed by atoms with Crippen molar-refractivity contribution in [3.05, 3.63) is 59.1 Å². The van der Waals surface area contributed by atoms with Crippen LogP contribution >= 0.6 is 11.6 Å². The maximum atomic E-state index is 12.9. The predicted molar refractivity (Wildman–Crippen MR) is 98.2 cm³/mol. The number of halogens is 1. The van der Waals surface area contributed by atoms with Crippen molar-refractivity contribution in [3.63, 3.8) is 0 Å². The van der Waals surface area contributed by atoms with E-state index in [1.54, 1.807) is 6.07 Å². The molecular weight excluding hydrogens is 360 g/mol. The highest BCUT2D eigenvalue weighted by Gasteiger charge is 2.39. The normalized spacial score (nSPS) is 18.2. The Labute approximate surface area is 152 Å². The molecule has 1 atom stereocenters. The molecule has 0 unspecified atom stereocenters. The number of nitrogens with one attached hydrogen (secondary N) is 1. The number of sulfonamides is 1. The third-order valence-electron chi connectivity index (χ3n) is 4.33. The van der Waals surface area contributed by atoms with Gasteiger partial charge in [0.2, 0.25) is 15.9 Å². The summed E-state index contributed by atoms with van der Waals surface area (Å²) in [4.78, 5) is 12.8. The van der Waals surface area contributed by atoms with Gasteiger partial charge >= 0.3 is 0 Å². The summed E-state index contributed by atoms with van der Waals surface area (Å²) in [5.41, 5.74) is 1.63. The molecule has 1 N–H and O–H groups in total. The number of anilines is 1. The lowest BCUT2D eigenvalue weighted by Crippen LogP contribution is -2.43. The highest BCUT2D eigenvalue weighted by atomic mass is 35.5. The van der Waals surface area contributed by atoms with Crippen LogP contribution in [0.4, 0.5) is 5.69 Å². The molecule has 1 aliphatic heterocycles. The van der Waals surface area contributed by atoms with Crippen LogP contribution in [-0.4, -0.2) is 31.2 Å². The van der Waals surface area contributed by atoms with Gasteiger partial charge in [0.15, 0.2) is 0 Å². The van der Waals surface area contributed by atoms with E-state index in [-0.39, 0.29) is 10.8 Å². The maximum absolute atomic E-state index is 12.9. The van der Waals surface area contributed by atoms with Crippen LogP contribution < -0.4 is 5.32 Å². The van der Waals surface area contributed by atoms with Gasteiger partial charge in [0.1, 0.15) is 6.04 Å². The van der Waals surface area contributed by atoms with Gasteiger partial charge in [-0.25, -0.2) is 8.42 Å². The number of hydrogen-bond acceptors (Lipinski definition) is 3. The summed E-state index contributed by atoms with van der Waals surface area (Å²) < 4.78 is 27.0. The summed E-state index contributed by atoms with van der Waals surface area (Å²) in [6.45, 7) is 2.23. The third kappa shape index (κ3) is 3.71. The molecule has 1 fully saturated rings. The highest BCUT2D eigenvalue weighted by Crippen LogP contribution is 2.28.